The Balaban J connectivity index is 1.64. The molecule has 0 aliphatic carbocycles. The summed E-state index contributed by atoms with van der Waals surface area (Å²) in [6.07, 6.45) is 3.90. The van der Waals surface area contributed by atoms with E-state index in [2.05, 4.69) is 36.1 Å². The van der Waals surface area contributed by atoms with E-state index in [0.29, 0.717) is 18.9 Å². The summed E-state index contributed by atoms with van der Waals surface area (Å²) in [5.41, 5.74) is 6.25. The SMILES string of the molecule is CN=C(NC#N)NCCCc1nc2cc(C3=NNC(=O)CC3C)ccc2[nH]1. The molecule has 2 heterocycles. The summed E-state index contributed by atoms with van der Waals surface area (Å²) < 4.78 is 0. The number of nitriles is 1. The van der Waals surface area contributed by atoms with E-state index in [1.165, 1.54) is 0 Å². The van der Waals surface area contributed by atoms with Crippen molar-refractivity contribution in [2.45, 2.75) is 26.2 Å². The Bertz CT molecular complexity index is 936. The average molecular weight is 366 g/mol. The quantitative estimate of drug-likeness (QED) is 0.206. The minimum atomic E-state index is -0.0516. The van der Waals surface area contributed by atoms with Crippen LogP contribution in [0, 0.1) is 17.4 Å². The molecule has 140 valence electrons. The number of aliphatic imine (C=N–C) groups is 1. The van der Waals surface area contributed by atoms with Gasteiger partial charge in [-0.05, 0) is 18.6 Å². The van der Waals surface area contributed by atoms with Gasteiger partial charge in [0, 0.05) is 37.9 Å². The van der Waals surface area contributed by atoms with Crippen LogP contribution in [0.15, 0.2) is 28.3 Å². The molecule has 3 rings (SSSR count). The molecular weight excluding hydrogens is 344 g/mol. The maximum Gasteiger partial charge on any atom is 0.240 e. The summed E-state index contributed by atoms with van der Waals surface area (Å²) >= 11 is 0. The molecule has 0 saturated heterocycles. The molecule has 0 fully saturated rings. The van der Waals surface area contributed by atoms with Gasteiger partial charge in [-0.25, -0.2) is 10.4 Å². The number of aromatic amines is 1. The maximum absolute atomic E-state index is 11.4. The monoisotopic (exact) mass is 366 g/mol. The van der Waals surface area contributed by atoms with Crippen molar-refractivity contribution in [3.8, 4) is 6.19 Å². The lowest BCUT2D eigenvalue weighted by Crippen LogP contribution is -2.35. The van der Waals surface area contributed by atoms with Crippen molar-refractivity contribution in [1.82, 2.24) is 26.0 Å². The van der Waals surface area contributed by atoms with Gasteiger partial charge in [-0.2, -0.15) is 10.4 Å². The summed E-state index contributed by atoms with van der Waals surface area (Å²) in [7, 11) is 1.62. The molecule has 9 heteroatoms. The number of carbonyl (C=O) groups is 1. The summed E-state index contributed by atoms with van der Waals surface area (Å²) in [6, 6.07) is 5.99. The van der Waals surface area contributed by atoms with Crippen molar-refractivity contribution in [3.63, 3.8) is 0 Å². The Kier molecular flexibility index (Phi) is 5.66. The second-order valence-corrected chi connectivity index (χ2v) is 6.39. The van der Waals surface area contributed by atoms with Gasteiger partial charge in [0.2, 0.25) is 11.9 Å². The largest absolute Gasteiger partial charge is 0.356 e. The Morgan fingerprint density at radius 2 is 2.33 bits per heavy atom. The zero-order chi connectivity index (χ0) is 19.2. The van der Waals surface area contributed by atoms with Crippen LogP contribution in [0.2, 0.25) is 0 Å². The molecule has 1 amide bonds. The molecule has 1 aromatic heterocycles. The number of carbonyl (C=O) groups excluding carboxylic acids is 1. The minimum Gasteiger partial charge on any atom is -0.356 e. The lowest BCUT2D eigenvalue weighted by atomic mass is 9.94. The number of rotatable bonds is 5. The molecule has 9 nitrogen and oxygen atoms in total. The van der Waals surface area contributed by atoms with E-state index in [1.54, 1.807) is 7.05 Å². The van der Waals surface area contributed by atoms with Crippen molar-refractivity contribution in [3.05, 3.63) is 29.6 Å². The fourth-order valence-corrected chi connectivity index (χ4v) is 3.03. The van der Waals surface area contributed by atoms with Crippen LogP contribution >= 0.6 is 0 Å². The summed E-state index contributed by atoms with van der Waals surface area (Å²) in [5.74, 6) is 1.39. The fraction of sp³-hybridized carbons (Fsp3) is 0.389. The van der Waals surface area contributed by atoms with Crippen LogP contribution in [0.5, 0.6) is 0 Å². The number of imidazole rings is 1. The summed E-state index contributed by atoms with van der Waals surface area (Å²) in [4.78, 5) is 23.3. The zero-order valence-electron chi connectivity index (χ0n) is 15.3. The van der Waals surface area contributed by atoms with Crippen LogP contribution in [0.25, 0.3) is 11.0 Å². The Labute approximate surface area is 157 Å². The molecule has 2 aromatic rings. The van der Waals surface area contributed by atoms with Crippen LogP contribution in [0.3, 0.4) is 0 Å². The highest BCUT2D eigenvalue weighted by Crippen LogP contribution is 2.20. The van der Waals surface area contributed by atoms with Crippen molar-refractivity contribution in [2.24, 2.45) is 16.0 Å². The van der Waals surface area contributed by atoms with Crippen LogP contribution in [0.1, 0.15) is 31.2 Å². The summed E-state index contributed by atoms with van der Waals surface area (Å²) in [6.45, 7) is 2.68. The third-order valence-corrected chi connectivity index (χ3v) is 4.37. The number of nitrogens with zero attached hydrogens (tertiary/aromatic N) is 4. The molecule has 1 atom stereocenters. The average Bonchev–Trinajstić information content (AvgIpc) is 3.06. The molecule has 1 unspecified atom stereocenters. The Morgan fingerprint density at radius 1 is 1.48 bits per heavy atom. The number of H-pyrrole nitrogens is 1. The first-order valence-electron chi connectivity index (χ1n) is 8.82. The maximum atomic E-state index is 11.4. The lowest BCUT2D eigenvalue weighted by Gasteiger charge is -2.18. The zero-order valence-corrected chi connectivity index (χ0v) is 15.3. The van der Waals surface area contributed by atoms with E-state index in [0.717, 1.165) is 41.0 Å². The smallest absolute Gasteiger partial charge is 0.240 e. The number of benzene rings is 1. The predicted molar refractivity (Wildman–Crippen MR) is 103 cm³/mol. The molecule has 1 aliphatic rings. The van der Waals surface area contributed by atoms with Crippen LogP contribution in [-0.2, 0) is 11.2 Å². The number of guanidine groups is 1. The number of hydrogen-bond donors (Lipinski definition) is 4. The highest BCUT2D eigenvalue weighted by atomic mass is 16.2. The van der Waals surface area contributed by atoms with E-state index >= 15 is 0 Å². The third kappa shape index (κ3) is 4.41. The molecule has 1 aliphatic heterocycles. The van der Waals surface area contributed by atoms with E-state index in [9.17, 15) is 4.79 Å². The number of amides is 1. The lowest BCUT2D eigenvalue weighted by molar-refractivity contribution is -0.121. The highest BCUT2D eigenvalue weighted by molar-refractivity contribution is 6.07. The Hall–Kier alpha value is -3.41. The number of hydrogen-bond acceptors (Lipinski definition) is 5. The van der Waals surface area contributed by atoms with Crippen molar-refractivity contribution >= 4 is 28.6 Å². The number of fused-ring (bicyclic) bond motifs is 1. The molecule has 27 heavy (non-hydrogen) atoms. The number of aryl methyl sites for hydroxylation is 1. The predicted octanol–water partition coefficient (Wildman–Crippen LogP) is 1.00. The topological polar surface area (TPSA) is 130 Å². The number of hydrazone groups is 1. The van der Waals surface area contributed by atoms with Crippen molar-refractivity contribution in [2.75, 3.05) is 13.6 Å². The van der Waals surface area contributed by atoms with Crippen LogP contribution in [0.4, 0.5) is 0 Å². The normalized spacial score (nSPS) is 17.2. The summed E-state index contributed by atoms with van der Waals surface area (Å²) in [5, 5.41) is 18.3. The molecule has 0 saturated carbocycles. The minimum absolute atomic E-state index is 0.0516. The van der Waals surface area contributed by atoms with E-state index in [-0.39, 0.29) is 11.8 Å². The van der Waals surface area contributed by atoms with Gasteiger partial charge in [0.15, 0.2) is 6.19 Å². The van der Waals surface area contributed by atoms with Gasteiger partial charge in [0.05, 0.1) is 16.7 Å². The van der Waals surface area contributed by atoms with Crippen LogP contribution < -0.4 is 16.1 Å². The first-order valence-corrected chi connectivity index (χ1v) is 8.82. The fourth-order valence-electron chi connectivity index (χ4n) is 3.03. The van der Waals surface area contributed by atoms with Gasteiger partial charge in [-0.15, -0.1) is 0 Å². The first-order chi connectivity index (χ1) is 13.1. The number of aromatic nitrogens is 2. The molecule has 0 bridgehead atoms. The molecular formula is C18H22N8O. The van der Waals surface area contributed by atoms with Gasteiger partial charge in [0.1, 0.15) is 5.82 Å². The molecule has 0 radical (unpaired) electrons. The molecule has 4 N–H and O–H groups in total. The van der Waals surface area contributed by atoms with Gasteiger partial charge in [-0.3, -0.25) is 15.1 Å². The van der Waals surface area contributed by atoms with Gasteiger partial charge < -0.3 is 10.3 Å². The van der Waals surface area contributed by atoms with Crippen molar-refractivity contribution in [1.29, 1.82) is 5.26 Å². The second-order valence-electron chi connectivity index (χ2n) is 6.39. The highest BCUT2D eigenvalue weighted by Gasteiger charge is 2.22. The molecule has 1 aromatic carbocycles. The second kappa shape index (κ2) is 8.31. The van der Waals surface area contributed by atoms with Gasteiger partial charge in [-0.1, -0.05) is 13.0 Å². The van der Waals surface area contributed by atoms with Gasteiger partial charge >= 0.3 is 0 Å². The van der Waals surface area contributed by atoms with Gasteiger partial charge in [0.25, 0.3) is 0 Å². The van der Waals surface area contributed by atoms with E-state index in [1.807, 2.05) is 31.3 Å². The Morgan fingerprint density at radius 3 is 3.07 bits per heavy atom. The van der Waals surface area contributed by atoms with Crippen molar-refractivity contribution < 1.29 is 4.79 Å². The van der Waals surface area contributed by atoms with E-state index < -0.39 is 0 Å². The first kappa shape index (κ1) is 18.4. The standard InChI is InChI=1S/C18H22N8O/c1-11-8-16(27)25-26-17(11)12-5-6-13-14(9-12)24-15(23-13)4-3-7-21-18(20-2)22-10-19/h5-6,9,11H,3-4,7-8H2,1-2H3,(H,23,24)(H,25,27)(H2,20,21,22). The molecule has 0 spiro atoms. The van der Waals surface area contributed by atoms with Crippen LogP contribution in [-0.4, -0.2) is 41.1 Å². The van der Waals surface area contributed by atoms with E-state index in [4.69, 9.17) is 5.26 Å². The number of nitrogens with one attached hydrogen (secondary N) is 4. The third-order valence-electron chi connectivity index (χ3n) is 4.37.